The first-order valence-corrected chi connectivity index (χ1v) is 11.1. The topological polar surface area (TPSA) is 77.4 Å². The number of benzene rings is 2. The smallest absolute Gasteiger partial charge is 0.227 e. The lowest BCUT2D eigenvalue weighted by atomic mass is 9.89. The fourth-order valence-corrected chi connectivity index (χ4v) is 4.59. The van der Waals surface area contributed by atoms with Gasteiger partial charge in [-0.25, -0.2) is 4.39 Å². The summed E-state index contributed by atoms with van der Waals surface area (Å²) in [7, 11) is 0. The van der Waals surface area contributed by atoms with Crippen LogP contribution in [-0.2, 0) is 26.4 Å². The van der Waals surface area contributed by atoms with Crippen molar-refractivity contribution in [1.82, 2.24) is 0 Å². The van der Waals surface area contributed by atoms with Crippen LogP contribution in [0.5, 0.6) is 5.75 Å². The van der Waals surface area contributed by atoms with Crippen LogP contribution in [0.15, 0.2) is 36.4 Å². The van der Waals surface area contributed by atoms with Crippen LogP contribution in [0.4, 0.5) is 4.39 Å². The van der Waals surface area contributed by atoms with E-state index in [0.29, 0.717) is 34.7 Å². The van der Waals surface area contributed by atoms with E-state index in [9.17, 15) is 14.6 Å². The lowest BCUT2D eigenvalue weighted by molar-refractivity contribution is -0.354. The van der Waals surface area contributed by atoms with Gasteiger partial charge in [-0.3, -0.25) is 0 Å². The Morgan fingerprint density at radius 1 is 1.22 bits per heavy atom. The summed E-state index contributed by atoms with van der Waals surface area (Å²) < 4.78 is 37.6. The quantitative estimate of drug-likeness (QED) is 0.644. The van der Waals surface area contributed by atoms with Gasteiger partial charge in [-0.15, -0.1) is 0 Å². The van der Waals surface area contributed by atoms with Gasteiger partial charge in [0.2, 0.25) is 5.79 Å². The number of aliphatic hydroxyl groups excluding tert-OH is 2. The van der Waals surface area contributed by atoms with E-state index in [1.54, 1.807) is 37.3 Å². The van der Waals surface area contributed by atoms with Crippen LogP contribution in [0.2, 0.25) is 5.02 Å². The van der Waals surface area contributed by atoms with E-state index >= 15 is 0 Å². The standard InChI is InChI=1S/C24H28ClFO6/c1-4-29-21-8-5-15(10-19(21)26)9-16-11-17(6-7-18(16)25)24-22(28)20(27)12-23(32-24,13-30-24)31-14(2)3/h5-8,10-11,14,20,22,27-28H,4,9,12-13H2,1-3H3. The number of rotatable bonds is 7. The fourth-order valence-electron chi connectivity index (χ4n) is 4.40. The van der Waals surface area contributed by atoms with Crippen LogP contribution >= 0.6 is 11.6 Å². The molecule has 2 N–H and O–H groups in total. The molecule has 32 heavy (non-hydrogen) atoms. The van der Waals surface area contributed by atoms with E-state index < -0.39 is 29.6 Å². The number of ether oxygens (including phenoxy) is 4. The van der Waals surface area contributed by atoms with Crippen molar-refractivity contribution in [3.63, 3.8) is 0 Å². The average Bonchev–Trinajstić information content (AvgIpc) is 3.06. The molecule has 4 atom stereocenters. The molecule has 4 rings (SSSR count). The van der Waals surface area contributed by atoms with Crippen molar-refractivity contribution in [2.24, 2.45) is 0 Å². The molecule has 6 nitrogen and oxygen atoms in total. The highest BCUT2D eigenvalue weighted by Gasteiger charge is 2.63. The second kappa shape index (κ2) is 8.89. The third-order valence-electron chi connectivity index (χ3n) is 5.71. The Bertz CT molecular complexity index is 985. The lowest BCUT2D eigenvalue weighted by Crippen LogP contribution is -2.57. The van der Waals surface area contributed by atoms with Crippen molar-refractivity contribution in [1.29, 1.82) is 0 Å². The number of hydrogen-bond acceptors (Lipinski definition) is 6. The molecule has 0 aliphatic carbocycles. The van der Waals surface area contributed by atoms with E-state index in [1.807, 2.05) is 13.8 Å². The second-order valence-corrected chi connectivity index (χ2v) is 8.94. The van der Waals surface area contributed by atoms with Crippen LogP contribution in [0.3, 0.4) is 0 Å². The number of fused-ring (bicyclic) bond motifs is 2. The molecule has 0 spiro atoms. The minimum atomic E-state index is -1.59. The third kappa shape index (κ3) is 4.25. The van der Waals surface area contributed by atoms with Gasteiger partial charge in [-0.1, -0.05) is 23.7 Å². The van der Waals surface area contributed by atoms with Gasteiger partial charge >= 0.3 is 0 Å². The Balaban J connectivity index is 1.65. The van der Waals surface area contributed by atoms with Gasteiger partial charge < -0.3 is 29.2 Å². The largest absolute Gasteiger partial charge is 0.491 e. The van der Waals surface area contributed by atoms with Gasteiger partial charge in [0, 0.05) is 17.0 Å². The minimum Gasteiger partial charge on any atom is -0.491 e. The van der Waals surface area contributed by atoms with Crippen molar-refractivity contribution in [3.05, 3.63) is 63.9 Å². The van der Waals surface area contributed by atoms with Crippen molar-refractivity contribution in [2.75, 3.05) is 13.2 Å². The van der Waals surface area contributed by atoms with Gasteiger partial charge in [0.1, 0.15) is 12.7 Å². The lowest BCUT2D eigenvalue weighted by Gasteiger charge is -2.43. The third-order valence-corrected chi connectivity index (χ3v) is 6.08. The molecule has 2 aliphatic heterocycles. The van der Waals surface area contributed by atoms with Gasteiger partial charge in [0.25, 0.3) is 0 Å². The first kappa shape index (κ1) is 23.4. The van der Waals surface area contributed by atoms with Gasteiger partial charge in [-0.05, 0) is 62.6 Å². The first-order chi connectivity index (χ1) is 15.2. The van der Waals surface area contributed by atoms with Crippen molar-refractivity contribution < 1.29 is 33.6 Å². The highest BCUT2D eigenvalue weighted by Crippen LogP contribution is 2.50. The zero-order valence-corrected chi connectivity index (χ0v) is 19.1. The number of hydrogen-bond donors (Lipinski definition) is 2. The van der Waals surface area contributed by atoms with Crippen molar-refractivity contribution in [3.8, 4) is 5.75 Å². The average molecular weight is 467 g/mol. The van der Waals surface area contributed by atoms with Crippen molar-refractivity contribution in [2.45, 2.75) is 63.5 Å². The van der Waals surface area contributed by atoms with Crippen LogP contribution < -0.4 is 4.74 Å². The van der Waals surface area contributed by atoms with Gasteiger partial charge in [0.15, 0.2) is 17.4 Å². The Morgan fingerprint density at radius 3 is 2.69 bits per heavy atom. The normalized spacial score (nSPS) is 29.5. The molecule has 2 aromatic carbocycles. The monoisotopic (exact) mass is 466 g/mol. The van der Waals surface area contributed by atoms with Crippen molar-refractivity contribution >= 4 is 11.6 Å². The summed E-state index contributed by atoms with van der Waals surface area (Å²) in [4.78, 5) is 0. The molecule has 0 saturated carbocycles. The maximum Gasteiger partial charge on any atom is 0.227 e. The number of halogens is 2. The highest BCUT2D eigenvalue weighted by atomic mass is 35.5. The Morgan fingerprint density at radius 2 is 2.00 bits per heavy atom. The summed E-state index contributed by atoms with van der Waals surface area (Å²) >= 11 is 6.43. The minimum absolute atomic E-state index is 0.0708. The van der Waals surface area contributed by atoms with Gasteiger partial charge in [0.05, 0.1) is 18.8 Å². The Labute approximate surface area is 191 Å². The summed E-state index contributed by atoms with van der Waals surface area (Å²) in [5.74, 6) is -2.98. The first-order valence-electron chi connectivity index (χ1n) is 10.8. The Kier molecular flexibility index (Phi) is 6.51. The zero-order chi connectivity index (χ0) is 23.1. The molecule has 2 fully saturated rings. The predicted octanol–water partition coefficient (Wildman–Crippen LogP) is 3.92. The molecular weight excluding hydrogens is 439 g/mol. The van der Waals surface area contributed by atoms with E-state index in [0.717, 1.165) is 0 Å². The molecule has 2 heterocycles. The predicted molar refractivity (Wildman–Crippen MR) is 116 cm³/mol. The van der Waals surface area contributed by atoms with Crippen LogP contribution in [0.25, 0.3) is 0 Å². The molecule has 8 heteroatoms. The summed E-state index contributed by atoms with van der Waals surface area (Å²) in [5, 5.41) is 21.9. The zero-order valence-electron chi connectivity index (χ0n) is 18.3. The molecule has 2 saturated heterocycles. The fraction of sp³-hybridized carbons (Fsp3) is 0.500. The van der Waals surface area contributed by atoms with E-state index in [2.05, 4.69) is 0 Å². The van der Waals surface area contributed by atoms with E-state index in [1.165, 1.54) is 6.07 Å². The van der Waals surface area contributed by atoms with E-state index in [-0.39, 0.29) is 24.9 Å². The molecule has 2 bridgehead atoms. The van der Waals surface area contributed by atoms with Crippen LogP contribution in [0, 0.1) is 5.82 Å². The summed E-state index contributed by atoms with van der Waals surface area (Å²) in [5.41, 5.74) is 1.91. The molecule has 0 radical (unpaired) electrons. The molecule has 4 unspecified atom stereocenters. The SMILES string of the molecule is CCOc1ccc(Cc2cc(C34OCC(OC(C)C)(CC(O)C3O)O4)ccc2Cl)cc1F. The second-order valence-electron chi connectivity index (χ2n) is 8.53. The van der Waals surface area contributed by atoms with Crippen LogP contribution in [-0.4, -0.2) is 47.5 Å². The van der Waals surface area contributed by atoms with E-state index in [4.69, 9.17) is 30.5 Å². The highest BCUT2D eigenvalue weighted by molar-refractivity contribution is 6.31. The molecule has 174 valence electrons. The summed E-state index contributed by atoms with van der Waals surface area (Å²) in [6, 6.07) is 9.90. The summed E-state index contributed by atoms with van der Waals surface area (Å²) in [6.07, 6.45) is -2.12. The number of aliphatic hydroxyl groups is 2. The maximum atomic E-state index is 14.3. The molecule has 2 aromatic rings. The Hall–Kier alpha value is -1.74. The maximum absolute atomic E-state index is 14.3. The molecule has 2 aliphatic rings. The molecule has 0 aromatic heterocycles. The van der Waals surface area contributed by atoms with Gasteiger partial charge in [-0.2, -0.15) is 0 Å². The molecular formula is C24H28ClFO6. The van der Waals surface area contributed by atoms with Crippen LogP contribution in [0.1, 0.15) is 43.9 Å². The summed E-state index contributed by atoms with van der Waals surface area (Å²) in [6.45, 7) is 5.98. The molecule has 0 amide bonds.